The van der Waals surface area contributed by atoms with Gasteiger partial charge in [-0.05, 0) is 25.1 Å². The highest BCUT2D eigenvalue weighted by molar-refractivity contribution is 9.10. The number of aryl methyl sites for hydroxylation is 1. The smallest absolute Gasteiger partial charge is 0.305 e. The van der Waals surface area contributed by atoms with Crippen LogP contribution < -0.4 is 5.73 Å². The van der Waals surface area contributed by atoms with Gasteiger partial charge in [-0.15, -0.1) is 0 Å². The Kier molecular flexibility index (Phi) is 4.46. The van der Waals surface area contributed by atoms with Crippen LogP contribution in [0.4, 0.5) is 0 Å². The molecule has 104 valence electrons. The van der Waals surface area contributed by atoms with Gasteiger partial charge in [0.15, 0.2) is 0 Å². The van der Waals surface area contributed by atoms with Crippen LogP contribution >= 0.6 is 15.9 Å². The van der Waals surface area contributed by atoms with Gasteiger partial charge in [0.1, 0.15) is 5.82 Å². The van der Waals surface area contributed by atoms with Crippen molar-refractivity contribution in [1.29, 1.82) is 0 Å². The monoisotopic (exact) mass is 335 g/mol. The number of carboxylic acid groups (broad SMARTS) is 1. The summed E-state index contributed by atoms with van der Waals surface area (Å²) < 4.78 is 0.981. The normalized spacial score (nSPS) is 12.2. The molecule has 20 heavy (non-hydrogen) atoms. The van der Waals surface area contributed by atoms with Crippen LogP contribution in [0.2, 0.25) is 0 Å². The summed E-state index contributed by atoms with van der Waals surface area (Å²) >= 11 is 3.38. The predicted molar refractivity (Wildman–Crippen MR) is 79.1 cm³/mol. The highest BCUT2D eigenvalue weighted by atomic mass is 79.9. The molecule has 0 saturated carbocycles. The molecule has 0 radical (unpaired) electrons. The van der Waals surface area contributed by atoms with E-state index in [0.29, 0.717) is 5.82 Å². The molecule has 3 N–H and O–H groups in total. The Balaban J connectivity index is 2.38. The fourth-order valence-electron chi connectivity index (χ4n) is 1.81. The maximum atomic E-state index is 10.7. The molecule has 0 aliphatic heterocycles. The SMILES string of the molecule is Cc1cc(-c2ccc(Br)cc2)nc(C(N)CC(=O)O)n1. The fraction of sp³-hybridized carbons (Fsp3) is 0.214. The lowest BCUT2D eigenvalue weighted by Crippen LogP contribution is -2.18. The predicted octanol–water partition coefficient (Wildman–Crippen LogP) is 2.69. The zero-order valence-corrected chi connectivity index (χ0v) is 12.5. The molecular formula is C14H14BrN3O2. The van der Waals surface area contributed by atoms with E-state index >= 15 is 0 Å². The molecule has 0 aliphatic carbocycles. The molecule has 1 heterocycles. The summed E-state index contributed by atoms with van der Waals surface area (Å²) in [6.07, 6.45) is -0.191. The van der Waals surface area contributed by atoms with Crippen molar-refractivity contribution in [2.45, 2.75) is 19.4 Å². The molecule has 6 heteroatoms. The van der Waals surface area contributed by atoms with Gasteiger partial charge in [0.25, 0.3) is 0 Å². The van der Waals surface area contributed by atoms with Crippen LogP contribution in [-0.4, -0.2) is 21.0 Å². The van der Waals surface area contributed by atoms with Gasteiger partial charge < -0.3 is 10.8 Å². The second kappa shape index (κ2) is 6.11. The number of aliphatic carboxylic acids is 1. The Morgan fingerprint density at radius 3 is 2.60 bits per heavy atom. The maximum Gasteiger partial charge on any atom is 0.305 e. The lowest BCUT2D eigenvalue weighted by Gasteiger charge is -2.10. The van der Waals surface area contributed by atoms with Gasteiger partial charge in [0, 0.05) is 15.7 Å². The van der Waals surface area contributed by atoms with E-state index < -0.39 is 12.0 Å². The van der Waals surface area contributed by atoms with Gasteiger partial charge in [-0.3, -0.25) is 4.79 Å². The number of hydrogen-bond acceptors (Lipinski definition) is 4. The Morgan fingerprint density at radius 2 is 2.00 bits per heavy atom. The number of aromatic nitrogens is 2. The van der Waals surface area contributed by atoms with E-state index in [0.717, 1.165) is 21.4 Å². The summed E-state index contributed by atoms with van der Waals surface area (Å²) in [7, 11) is 0. The van der Waals surface area contributed by atoms with E-state index in [1.807, 2.05) is 37.3 Å². The Labute approximate surface area is 125 Å². The highest BCUT2D eigenvalue weighted by Crippen LogP contribution is 2.22. The van der Waals surface area contributed by atoms with Crippen LogP contribution in [0.1, 0.15) is 24.0 Å². The standard InChI is InChI=1S/C14H14BrN3O2/c1-8-6-12(9-2-4-10(15)5-3-9)18-14(17-8)11(16)7-13(19)20/h2-6,11H,7,16H2,1H3,(H,19,20). The van der Waals surface area contributed by atoms with E-state index in [9.17, 15) is 4.79 Å². The first-order valence-electron chi connectivity index (χ1n) is 6.04. The van der Waals surface area contributed by atoms with Gasteiger partial charge in [-0.2, -0.15) is 0 Å². The minimum Gasteiger partial charge on any atom is -0.481 e. The van der Waals surface area contributed by atoms with Gasteiger partial charge in [0.05, 0.1) is 18.2 Å². The van der Waals surface area contributed by atoms with Crippen molar-refractivity contribution in [1.82, 2.24) is 9.97 Å². The second-order valence-electron chi connectivity index (χ2n) is 4.46. The van der Waals surface area contributed by atoms with Gasteiger partial charge in [-0.1, -0.05) is 28.1 Å². The fourth-order valence-corrected chi connectivity index (χ4v) is 2.07. The van der Waals surface area contributed by atoms with Crippen LogP contribution in [0, 0.1) is 6.92 Å². The van der Waals surface area contributed by atoms with E-state index in [1.165, 1.54) is 0 Å². The molecule has 0 aliphatic rings. The van der Waals surface area contributed by atoms with E-state index in [1.54, 1.807) is 0 Å². The van der Waals surface area contributed by atoms with Crippen molar-refractivity contribution in [2.24, 2.45) is 5.73 Å². The number of carbonyl (C=O) groups is 1. The quantitative estimate of drug-likeness (QED) is 0.896. The zero-order chi connectivity index (χ0) is 14.7. The summed E-state index contributed by atoms with van der Waals surface area (Å²) in [5, 5.41) is 8.79. The molecule has 0 bridgehead atoms. The minimum atomic E-state index is -0.965. The second-order valence-corrected chi connectivity index (χ2v) is 5.38. The number of halogens is 1. The van der Waals surface area contributed by atoms with Crippen molar-refractivity contribution in [3.05, 3.63) is 46.3 Å². The average molecular weight is 336 g/mol. The third kappa shape index (κ3) is 3.61. The van der Waals surface area contributed by atoms with Crippen molar-refractivity contribution < 1.29 is 9.90 Å². The first kappa shape index (κ1) is 14.6. The zero-order valence-electron chi connectivity index (χ0n) is 10.9. The first-order chi connectivity index (χ1) is 9.45. The van der Waals surface area contributed by atoms with Crippen molar-refractivity contribution in [3.63, 3.8) is 0 Å². The van der Waals surface area contributed by atoms with Crippen LogP contribution in [0.5, 0.6) is 0 Å². The number of nitrogens with zero attached hydrogens (tertiary/aromatic N) is 2. The molecule has 1 aromatic heterocycles. The molecule has 2 aromatic rings. The van der Waals surface area contributed by atoms with E-state index in [-0.39, 0.29) is 6.42 Å². The summed E-state index contributed by atoms with van der Waals surface area (Å²) in [6, 6.07) is 8.84. The topological polar surface area (TPSA) is 89.1 Å². The molecule has 0 fully saturated rings. The number of carboxylic acids is 1. The average Bonchev–Trinajstić information content (AvgIpc) is 2.38. The van der Waals surface area contributed by atoms with Crippen LogP contribution in [-0.2, 0) is 4.79 Å². The molecule has 2 rings (SSSR count). The minimum absolute atomic E-state index is 0.191. The van der Waals surface area contributed by atoms with Crippen molar-refractivity contribution in [2.75, 3.05) is 0 Å². The third-order valence-corrected chi connectivity index (χ3v) is 3.27. The lowest BCUT2D eigenvalue weighted by atomic mass is 10.1. The molecule has 0 saturated heterocycles. The third-order valence-electron chi connectivity index (χ3n) is 2.74. The first-order valence-corrected chi connectivity index (χ1v) is 6.84. The van der Waals surface area contributed by atoms with Crippen LogP contribution in [0.15, 0.2) is 34.8 Å². The molecular weight excluding hydrogens is 322 g/mol. The highest BCUT2D eigenvalue weighted by Gasteiger charge is 2.15. The number of rotatable bonds is 4. The van der Waals surface area contributed by atoms with E-state index in [2.05, 4.69) is 25.9 Å². The number of nitrogens with two attached hydrogens (primary N) is 1. The van der Waals surface area contributed by atoms with Gasteiger partial charge in [-0.25, -0.2) is 9.97 Å². The number of benzene rings is 1. The molecule has 0 spiro atoms. The molecule has 1 aromatic carbocycles. The summed E-state index contributed by atoms with van der Waals surface area (Å²) in [5.41, 5.74) is 8.25. The largest absolute Gasteiger partial charge is 0.481 e. The molecule has 0 amide bonds. The summed E-state index contributed by atoms with van der Waals surface area (Å²) in [6.45, 7) is 1.83. The van der Waals surface area contributed by atoms with Crippen molar-refractivity contribution >= 4 is 21.9 Å². The molecule has 1 atom stereocenters. The number of hydrogen-bond donors (Lipinski definition) is 2. The Hall–Kier alpha value is -1.79. The van der Waals surface area contributed by atoms with E-state index in [4.69, 9.17) is 10.8 Å². The van der Waals surface area contributed by atoms with Gasteiger partial charge in [0.2, 0.25) is 0 Å². The van der Waals surface area contributed by atoms with Crippen LogP contribution in [0.25, 0.3) is 11.3 Å². The maximum absolute atomic E-state index is 10.7. The Bertz CT molecular complexity index is 629. The summed E-state index contributed by atoms with van der Waals surface area (Å²) in [4.78, 5) is 19.3. The summed E-state index contributed by atoms with van der Waals surface area (Å²) in [5.74, 6) is -0.613. The Morgan fingerprint density at radius 1 is 1.35 bits per heavy atom. The lowest BCUT2D eigenvalue weighted by molar-refractivity contribution is -0.137. The van der Waals surface area contributed by atoms with Crippen molar-refractivity contribution in [3.8, 4) is 11.3 Å². The molecule has 5 nitrogen and oxygen atoms in total. The molecule has 1 unspecified atom stereocenters. The van der Waals surface area contributed by atoms with Gasteiger partial charge >= 0.3 is 5.97 Å². The van der Waals surface area contributed by atoms with Crippen LogP contribution in [0.3, 0.4) is 0 Å².